The molecule has 1 saturated heterocycles. The number of pyridine rings is 1. The number of nitrogens with one attached hydrogen (secondary N) is 1. The smallest absolute Gasteiger partial charge is 0.267 e. The second kappa shape index (κ2) is 13.8. The van der Waals surface area contributed by atoms with Gasteiger partial charge in [-0.25, -0.2) is 4.98 Å². The fourth-order valence-electron chi connectivity index (χ4n) is 4.49. The van der Waals surface area contributed by atoms with E-state index in [4.69, 9.17) is 21.9 Å². The van der Waals surface area contributed by atoms with Gasteiger partial charge >= 0.3 is 0 Å². The summed E-state index contributed by atoms with van der Waals surface area (Å²) in [6, 6.07) is 11.6. The van der Waals surface area contributed by atoms with E-state index in [1.54, 1.807) is 28.7 Å². The van der Waals surface area contributed by atoms with E-state index in [0.29, 0.717) is 45.8 Å². The Hall–Kier alpha value is -3.17. The zero-order chi connectivity index (χ0) is 27.8. The number of methoxy groups -OCH3 is 1. The molecule has 0 aliphatic carbocycles. The average molecular weight is 565 g/mol. The summed E-state index contributed by atoms with van der Waals surface area (Å²) in [7, 11) is 1.63. The molecule has 0 bridgehead atoms. The number of aryl methyl sites for hydroxylation is 1. The molecule has 39 heavy (non-hydrogen) atoms. The van der Waals surface area contributed by atoms with E-state index < -0.39 is 0 Å². The molecule has 4 rings (SSSR count). The lowest BCUT2D eigenvalue weighted by Gasteiger charge is -2.14. The Bertz CT molecular complexity index is 1420. The molecule has 0 atom stereocenters. The highest BCUT2D eigenvalue weighted by Gasteiger charge is 2.32. The van der Waals surface area contributed by atoms with E-state index in [0.717, 1.165) is 29.7 Å². The zero-order valence-corrected chi connectivity index (χ0v) is 24.5. The van der Waals surface area contributed by atoms with Crippen molar-refractivity contribution in [3.8, 4) is 5.75 Å². The Morgan fingerprint density at radius 3 is 2.54 bits per heavy atom. The molecular weight excluding hydrogens is 528 g/mol. The van der Waals surface area contributed by atoms with Crippen LogP contribution in [0.1, 0.15) is 62.1 Å². The van der Waals surface area contributed by atoms with Crippen LogP contribution in [0.4, 0.5) is 5.82 Å². The van der Waals surface area contributed by atoms with Crippen molar-refractivity contribution in [1.82, 2.24) is 14.3 Å². The van der Waals surface area contributed by atoms with Crippen LogP contribution in [0.15, 0.2) is 52.3 Å². The van der Waals surface area contributed by atoms with Crippen molar-refractivity contribution in [2.45, 2.75) is 58.8 Å². The Labute approximate surface area is 239 Å². The molecule has 1 amide bonds. The van der Waals surface area contributed by atoms with E-state index in [2.05, 4.69) is 12.2 Å². The van der Waals surface area contributed by atoms with E-state index >= 15 is 0 Å². The van der Waals surface area contributed by atoms with Gasteiger partial charge in [-0.15, -0.1) is 0 Å². The monoisotopic (exact) mass is 564 g/mol. The van der Waals surface area contributed by atoms with Crippen molar-refractivity contribution in [3.05, 3.63) is 74.5 Å². The third kappa shape index (κ3) is 7.28. The van der Waals surface area contributed by atoms with Crippen molar-refractivity contribution < 1.29 is 9.53 Å². The first-order valence-electron chi connectivity index (χ1n) is 13.6. The van der Waals surface area contributed by atoms with Gasteiger partial charge in [0.15, 0.2) is 0 Å². The molecule has 7 nitrogen and oxygen atoms in total. The van der Waals surface area contributed by atoms with Gasteiger partial charge in [-0.05, 0) is 55.2 Å². The van der Waals surface area contributed by atoms with E-state index in [-0.39, 0.29) is 11.5 Å². The summed E-state index contributed by atoms with van der Waals surface area (Å²) in [5.74, 6) is 1.11. The number of fused-ring (bicyclic) bond motifs is 1. The van der Waals surface area contributed by atoms with Crippen LogP contribution in [-0.2, 0) is 11.2 Å². The molecular formula is C30H36N4O3S2. The molecule has 0 radical (unpaired) electrons. The van der Waals surface area contributed by atoms with Crippen LogP contribution >= 0.6 is 24.0 Å². The van der Waals surface area contributed by atoms with Gasteiger partial charge in [0, 0.05) is 19.3 Å². The van der Waals surface area contributed by atoms with Crippen LogP contribution in [0, 0.1) is 6.92 Å². The Morgan fingerprint density at radius 2 is 1.79 bits per heavy atom. The lowest BCUT2D eigenvalue weighted by molar-refractivity contribution is -0.122. The SMILES string of the molecule is CCCCCCCCNc1nc2ccc(C)cn2c(=O)c1/C=C1/SC(=S)N(CCc2ccc(OC)cc2)C1=O. The topological polar surface area (TPSA) is 75.9 Å². The van der Waals surface area contributed by atoms with Gasteiger partial charge in [0.2, 0.25) is 0 Å². The number of amides is 1. The molecule has 1 fully saturated rings. The molecule has 2 aromatic heterocycles. The molecule has 3 aromatic rings. The third-order valence-corrected chi connectivity index (χ3v) is 8.14. The number of thiocarbonyl (C=S) groups is 1. The third-order valence-electron chi connectivity index (χ3n) is 6.76. The second-order valence-electron chi connectivity index (χ2n) is 9.74. The number of unbranched alkanes of at least 4 members (excludes halogenated alkanes) is 5. The molecule has 206 valence electrons. The molecule has 0 spiro atoms. The maximum Gasteiger partial charge on any atom is 0.267 e. The minimum Gasteiger partial charge on any atom is -0.497 e. The van der Waals surface area contributed by atoms with Crippen molar-refractivity contribution in [1.29, 1.82) is 0 Å². The lowest BCUT2D eigenvalue weighted by atomic mass is 10.1. The predicted molar refractivity (Wildman–Crippen MR) is 165 cm³/mol. The molecule has 0 unspecified atom stereocenters. The zero-order valence-electron chi connectivity index (χ0n) is 22.9. The van der Waals surface area contributed by atoms with Crippen LogP contribution in [0.3, 0.4) is 0 Å². The van der Waals surface area contributed by atoms with E-state index in [1.165, 1.54) is 37.4 Å². The maximum absolute atomic E-state index is 13.6. The minimum atomic E-state index is -0.211. The highest BCUT2D eigenvalue weighted by atomic mass is 32.2. The normalized spacial score (nSPS) is 14.5. The maximum atomic E-state index is 13.6. The summed E-state index contributed by atoms with van der Waals surface area (Å²) in [4.78, 5) is 33.7. The largest absolute Gasteiger partial charge is 0.497 e. The van der Waals surface area contributed by atoms with Gasteiger partial charge in [0.25, 0.3) is 11.5 Å². The van der Waals surface area contributed by atoms with Gasteiger partial charge in [0.05, 0.1) is 17.6 Å². The summed E-state index contributed by atoms with van der Waals surface area (Å²) in [5, 5.41) is 3.37. The molecule has 1 aliphatic rings. The number of rotatable bonds is 13. The first-order chi connectivity index (χ1) is 18.9. The van der Waals surface area contributed by atoms with Crippen molar-refractivity contribution in [3.63, 3.8) is 0 Å². The highest BCUT2D eigenvalue weighted by Crippen LogP contribution is 2.33. The van der Waals surface area contributed by atoms with Crippen LogP contribution in [0.25, 0.3) is 11.7 Å². The number of carbonyl (C=O) groups excluding carboxylic acids is 1. The van der Waals surface area contributed by atoms with Gasteiger partial charge in [-0.1, -0.05) is 81.2 Å². The fourth-order valence-corrected chi connectivity index (χ4v) is 5.78. The van der Waals surface area contributed by atoms with Crippen molar-refractivity contribution in [2.24, 2.45) is 0 Å². The molecule has 0 saturated carbocycles. The Kier molecular flexibility index (Phi) is 10.2. The van der Waals surface area contributed by atoms with Gasteiger partial charge < -0.3 is 10.1 Å². The lowest BCUT2D eigenvalue weighted by Crippen LogP contribution is -2.30. The predicted octanol–water partition coefficient (Wildman–Crippen LogP) is 6.23. The summed E-state index contributed by atoms with van der Waals surface area (Å²) in [5.41, 5.74) is 2.77. The van der Waals surface area contributed by atoms with Crippen LogP contribution in [0.2, 0.25) is 0 Å². The van der Waals surface area contributed by atoms with Crippen LogP contribution in [-0.4, -0.2) is 44.7 Å². The highest BCUT2D eigenvalue weighted by molar-refractivity contribution is 8.26. The number of ether oxygens (including phenoxy) is 1. The first kappa shape index (κ1) is 28.8. The summed E-state index contributed by atoms with van der Waals surface area (Å²) < 4.78 is 7.26. The van der Waals surface area contributed by atoms with Crippen molar-refractivity contribution in [2.75, 3.05) is 25.5 Å². The molecule has 1 aliphatic heterocycles. The minimum absolute atomic E-state index is 0.186. The number of benzene rings is 1. The molecule has 1 aromatic carbocycles. The van der Waals surface area contributed by atoms with Gasteiger partial charge in [-0.2, -0.15) is 0 Å². The summed E-state index contributed by atoms with van der Waals surface area (Å²) >= 11 is 6.78. The summed E-state index contributed by atoms with van der Waals surface area (Å²) in [6.07, 6.45) is 11.1. The number of aromatic nitrogens is 2. The van der Waals surface area contributed by atoms with Gasteiger partial charge in [-0.3, -0.25) is 18.9 Å². The number of nitrogens with zero attached hydrogens (tertiary/aromatic N) is 3. The van der Waals surface area contributed by atoms with E-state index in [9.17, 15) is 9.59 Å². The fraction of sp³-hybridized carbons (Fsp3) is 0.400. The Balaban J connectivity index is 1.54. The Morgan fingerprint density at radius 1 is 1.05 bits per heavy atom. The number of carbonyl (C=O) groups is 1. The number of hydrogen-bond acceptors (Lipinski definition) is 7. The van der Waals surface area contributed by atoms with Gasteiger partial charge in [0.1, 0.15) is 21.5 Å². The van der Waals surface area contributed by atoms with Crippen LogP contribution in [0.5, 0.6) is 5.75 Å². The molecule has 3 heterocycles. The summed E-state index contributed by atoms with van der Waals surface area (Å²) in [6.45, 7) is 5.32. The molecule has 1 N–H and O–H groups in total. The average Bonchev–Trinajstić information content (AvgIpc) is 3.21. The van der Waals surface area contributed by atoms with E-state index in [1.807, 2.05) is 43.3 Å². The second-order valence-corrected chi connectivity index (χ2v) is 11.4. The number of hydrogen-bond donors (Lipinski definition) is 1. The first-order valence-corrected chi connectivity index (χ1v) is 14.8. The standard InChI is InChI=1S/C30H36N4O3S2/c1-4-5-6-7-8-9-17-31-27-24(28(35)34-20-21(2)10-15-26(34)32-27)19-25-29(36)33(30(38)39-25)18-16-22-11-13-23(37-3)14-12-22/h10-15,19-20,31H,4-9,16-18H2,1-3H3/b25-19+. The van der Waals surface area contributed by atoms with Crippen molar-refractivity contribution >= 4 is 51.7 Å². The quantitative estimate of drug-likeness (QED) is 0.150. The van der Waals surface area contributed by atoms with Crippen LogP contribution < -0.4 is 15.6 Å². The number of thioether (sulfide) groups is 1. The molecule has 9 heteroatoms. The number of anilines is 1.